The van der Waals surface area contributed by atoms with Crippen LogP contribution in [0.3, 0.4) is 0 Å². The Hall–Kier alpha value is -0.460. The van der Waals surface area contributed by atoms with Gasteiger partial charge in [-0.1, -0.05) is 46.0 Å². The van der Waals surface area contributed by atoms with Crippen LogP contribution in [0.15, 0.2) is 0 Å². The lowest BCUT2D eigenvalue weighted by Gasteiger charge is -2.18. The summed E-state index contributed by atoms with van der Waals surface area (Å²) >= 11 is 0. The normalized spacial score (nSPS) is 15.1. The first-order chi connectivity index (χ1) is 10.9. The predicted molar refractivity (Wildman–Crippen MR) is 88.9 cm³/mol. The van der Waals surface area contributed by atoms with E-state index >= 15 is 0 Å². The molecule has 0 aromatic carbocycles. The topological polar surface area (TPSA) is 108 Å². The fourth-order valence-corrected chi connectivity index (χ4v) is 2.68. The summed E-state index contributed by atoms with van der Waals surface area (Å²) in [6.45, 7) is 3.86. The highest BCUT2D eigenvalue weighted by atomic mass is 31.2. The Morgan fingerprint density at radius 2 is 1.78 bits per heavy atom. The van der Waals surface area contributed by atoms with Gasteiger partial charge in [0.15, 0.2) is 0 Å². The minimum absolute atomic E-state index is 0.0671. The maximum atomic E-state index is 11.7. The van der Waals surface area contributed by atoms with Crippen molar-refractivity contribution in [2.24, 2.45) is 5.73 Å². The molecule has 0 aliphatic carbocycles. The molecular weight excluding hydrogens is 321 g/mol. The molecule has 0 aliphatic rings. The molecule has 8 heteroatoms. The smallest absolute Gasteiger partial charge is 0.460 e. The van der Waals surface area contributed by atoms with Crippen LogP contribution in [-0.4, -0.2) is 36.7 Å². The molecule has 0 fully saturated rings. The number of esters is 1. The molecule has 23 heavy (non-hydrogen) atoms. The highest BCUT2D eigenvalue weighted by Gasteiger charge is 2.23. The number of unbranched alkanes of at least 4 members (excludes halogenated alkanes) is 5. The fourth-order valence-electron chi connectivity index (χ4n) is 1.91. The summed E-state index contributed by atoms with van der Waals surface area (Å²) in [5.41, 5.74) is 5.19. The van der Waals surface area contributed by atoms with Gasteiger partial charge >= 0.3 is 13.8 Å². The fraction of sp³-hybridized carbons (Fsp3) is 0.933. The van der Waals surface area contributed by atoms with E-state index in [2.05, 4.69) is 11.4 Å². The van der Waals surface area contributed by atoms with Crippen LogP contribution in [0.2, 0.25) is 0 Å². The predicted octanol–water partition coefficient (Wildman–Crippen LogP) is 3.15. The molecule has 1 unspecified atom stereocenters. The third-order valence-corrected chi connectivity index (χ3v) is 4.27. The van der Waals surface area contributed by atoms with Crippen molar-refractivity contribution in [1.82, 2.24) is 0 Å². The van der Waals surface area contributed by atoms with Crippen LogP contribution in [0.4, 0.5) is 0 Å². The summed E-state index contributed by atoms with van der Waals surface area (Å²) in [4.78, 5) is 21.1. The SMILES string of the molecule is CCCCCCCCC(=O)O[C@H](CC)COP(=O)(O)OCCN. The largest absolute Gasteiger partial charge is 0.472 e. The first kappa shape index (κ1) is 22.5. The molecule has 0 saturated heterocycles. The van der Waals surface area contributed by atoms with Crippen molar-refractivity contribution in [3.63, 3.8) is 0 Å². The molecule has 138 valence electrons. The Labute approximate surface area is 139 Å². The van der Waals surface area contributed by atoms with Crippen molar-refractivity contribution in [3.05, 3.63) is 0 Å². The number of nitrogens with two attached hydrogens (primary N) is 1. The summed E-state index contributed by atoms with van der Waals surface area (Å²) in [6.07, 6.45) is 6.89. The molecule has 7 nitrogen and oxygen atoms in total. The molecular formula is C15H32NO6P. The molecule has 0 aromatic heterocycles. The van der Waals surface area contributed by atoms with Gasteiger partial charge in [-0.3, -0.25) is 13.8 Å². The molecule has 0 radical (unpaired) electrons. The van der Waals surface area contributed by atoms with Crippen LogP contribution < -0.4 is 5.73 Å². The number of rotatable bonds is 15. The molecule has 0 spiro atoms. The van der Waals surface area contributed by atoms with E-state index in [9.17, 15) is 14.3 Å². The molecule has 3 N–H and O–H groups in total. The van der Waals surface area contributed by atoms with Crippen LogP contribution in [-0.2, 0) is 23.1 Å². The number of hydrogen-bond acceptors (Lipinski definition) is 6. The highest BCUT2D eigenvalue weighted by molar-refractivity contribution is 7.47. The van der Waals surface area contributed by atoms with Crippen LogP contribution >= 0.6 is 7.82 Å². The third-order valence-electron chi connectivity index (χ3n) is 3.28. The Balaban J connectivity index is 3.90. The van der Waals surface area contributed by atoms with E-state index in [1.54, 1.807) is 0 Å². The van der Waals surface area contributed by atoms with E-state index in [0.29, 0.717) is 12.8 Å². The molecule has 0 amide bonds. The van der Waals surface area contributed by atoms with Crippen molar-refractivity contribution in [3.8, 4) is 0 Å². The van der Waals surface area contributed by atoms with Crippen LogP contribution in [0.5, 0.6) is 0 Å². The lowest BCUT2D eigenvalue weighted by atomic mass is 10.1. The summed E-state index contributed by atoms with van der Waals surface area (Å²) < 4.78 is 26.2. The Bertz CT molecular complexity index is 353. The maximum absolute atomic E-state index is 11.7. The maximum Gasteiger partial charge on any atom is 0.472 e. The number of carbonyl (C=O) groups is 1. The Morgan fingerprint density at radius 1 is 1.13 bits per heavy atom. The second-order valence-corrected chi connectivity index (χ2v) is 6.88. The molecule has 0 saturated carbocycles. The van der Waals surface area contributed by atoms with E-state index in [0.717, 1.165) is 19.3 Å². The lowest BCUT2D eigenvalue weighted by Crippen LogP contribution is -2.22. The van der Waals surface area contributed by atoms with Gasteiger partial charge in [-0.15, -0.1) is 0 Å². The minimum atomic E-state index is -4.13. The van der Waals surface area contributed by atoms with Gasteiger partial charge in [-0.25, -0.2) is 4.57 Å². The Morgan fingerprint density at radius 3 is 2.39 bits per heavy atom. The quantitative estimate of drug-likeness (QED) is 0.264. The van der Waals surface area contributed by atoms with Crippen molar-refractivity contribution in [2.45, 2.75) is 71.3 Å². The molecule has 0 rings (SSSR count). The van der Waals surface area contributed by atoms with Gasteiger partial charge in [0.05, 0.1) is 13.2 Å². The van der Waals surface area contributed by atoms with Gasteiger partial charge in [0.25, 0.3) is 0 Å². The lowest BCUT2D eigenvalue weighted by molar-refractivity contribution is -0.151. The molecule has 0 aromatic rings. The van der Waals surface area contributed by atoms with Gasteiger partial charge in [-0.2, -0.15) is 0 Å². The van der Waals surface area contributed by atoms with Crippen LogP contribution in [0.25, 0.3) is 0 Å². The third kappa shape index (κ3) is 13.7. The van der Waals surface area contributed by atoms with E-state index < -0.39 is 13.9 Å². The minimum Gasteiger partial charge on any atom is -0.460 e. The van der Waals surface area contributed by atoms with Crippen molar-refractivity contribution < 1.29 is 28.0 Å². The second kappa shape index (κ2) is 13.9. The first-order valence-electron chi connectivity index (χ1n) is 8.46. The molecule has 0 heterocycles. The monoisotopic (exact) mass is 353 g/mol. The summed E-state index contributed by atoms with van der Waals surface area (Å²) in [7, 11) is -4.13. The zero-order valence-corrected chi connectivity index (χ0v) is 15.3. The number of hydrogen-bond donors (Lipinski definition) is 2. The average molecular weight is 353 g/mol. The van der Waals surface area contributed by atoms with E-state index in [1.807, 2.05) is 6.92 Å². The summed E-state index contributed by atoms with van der Waals surface area (Å²) in [6, 6.07) is 0. The average Bonchev–Trinajstić information content (AvgIpc) is 2.52. The number of ether oxygens (including phenoxy) is 1. The van der Waals surface area contributed by atoms with E-state index in [4.69, 9.17) is 15.0 Å². The number of phosphoric acid groups is 1. The number of carbonyl (C=O) groups excluding carboxylic acids is 1. The van der Waals surface area contributed by atoms with Gasteiger partial charge in [-0.05, 0) is 12.8 Å². The van der Waals surface area contributed by atoms with Crippen LogP contribution in [0.1, 0.15) is 65.2 Å². The zero-order valence-electron chi connectivity index (χ0n) is 14.4. The second-order valence-electron chi connectivity index (χ2n) is 5.42. The van der Waals surface area contributed by atoms with E-state index in [1.165, 1.54) is 19.3 Å². The summed E-state index contributed by atoms with van der Waals surface area (Å²) in [5.74, 6) is -0.299. The van der Waals surface area contributed by atoms with Crippen molar-refractivity contribution in [1.29, 1.82) is 0 Å². The van der Waals surface area contributed by atoms with Crippen molar-refractivity contribution in [2.75, 3.05) is 19.8 Å². The van der Waals surface area contributed by atoms with Gasteiger partial charge in [0, 0.05) is 13.0 Å². The zero-order chi connectivity index (χ0) is 17.6. The number of phosphoric ester groups is 1. The summed E-state index contributed by atoms with van der Waals surface area (Å²) in [5, 5.41) is 0. The molecule has 0 aliphatic heterocycles. The standard InChI is InChI=1S/C15H32NO6P/c1-3-5-6-7-8-9-10-15(17)22-14(4-2)13-21-23(18,19)20-12-11-16/h14H,3-13,16H2,1-2H3,(H,18,19)/t14-/m1/s1. The Kier molecular flexibility index (Phi) is 13.7. The van der Waals surface area contributed by atoms with Gasteiger partial charge < -0.3 is 15.4 Å². The first-order valence-corrected chi connectivity index (χ1v) is 9.96. The molecule has 0 bridgehead atoms. The van der Waals surface area contributed by atoms with Crippen LogP contribution in [0, 0.1) is 0 Å². The van der Waals surface area contributed by atoms with Crippen molar-refractivity contribution >= 4 is 13.8 Å². The van der Waals surface area contributed by atoms with Gasteiger partial charge in [0.1, 0.15) is 6.10 Å². The molecule has 2 atom stereocenters. The highest BCUT2D eigenvalue weighted by Crippen LogP contribution is 2.43. The van der Waals surface area contributed by atoms with E-state index in [-0.39, 0.29) is 25.7 Å². The van der Waals surface area contributed by atoms with Gasteiger partial charge in [0.2, 0.25) is 0 Å².